The Kier molecular flexibility index (Phi) is 4.38. The summed E-state index contributed by atoms with van der Waals surface area (Å²) in [6.07, 6.45) is 0.595. The van der Waals surface area contributed by atoms with Crippen molar-refractivity contribution in [1.82, 2.24) is 5.32 Å². The lowest BCUT2D eigenvalue weighted by atomic mass is 9.93. The van der Waals surface area contributed by atoms with Crippen molar-refractivity contribution in [3.05, 3.63) is 35.4 Å². The maximum Gasteiger partial charge on any atom is 0.126 e. The summed E-state index contributed by atoms with van der Waals surface area (Å²) >= 11 is 0. The van der Waals surface area contributed by atoms with Crippen molar-refractivity contribution < 1.29 is 13.9 Å². The van der Waals surface area contributed by atoms with E-state index in [1.165, 1.54) is 0 Å². The van der Waals surface area contributed by atoms with Crippen molar-refractivity contribution in [2.45, 2.75) is 25.4 Å². The SMILES string of the molecule is CNCCC(C)(O)Cc1cc(F)ccc1F. The van der Waals surface area contributed by atoms with Gasteiger partial charge in [0.15, 0.2) is 0 Å². The molecule has 16 heavy (non-hydrogen) atoms. The summed E-state index contributed by atoms with van der Waals surface area (Å²) in [6, 6.07) is 3.28. The zero-order valence-corrected chi connectivity index (χ0v) is 9.56. The first-order valence-corrected chi connectivity index (χ1v) is 5.25. The fourth-order valence-corrected chi connectivity index (χ4v) is 1.57. The Morgan fingerprint density at radius 3 is 2.69 bits per heavy atom. The van der Waals surface area contributed by atoms with Crippen LogP contribution in [0, 0.1) is 11.6 Å². The van der Waals surface area contributed by atoms with Gasteiger partial charge in [0.2, 0.25) is 0 Å². The van der Waals surface area contributed by atoms with Crippen molar-refractivity contribution in [1.29, 1.82) is 0 Å². The van der Waals surface area contributed by atoms with Gasteiger partial charge in [-0.05, 0) is 50.7 Å². The molecule has 1 aromatic carbocycles. The predicted molar refractivity (Wildman–Crippen MR) is 59.2 cm³/mol. The number of benzene rings is 1. The third-order valence-electron chi connectivity index (χ3n) is 2.49. The highest BCUT2D eigenvalue weighted by atomic mass is 19.1. The van der Waals surface area contributed by atoms with Gasteiger partial charge in [-0.3, -0.25) is 0 Å². The molecule has 0 aromatic heterocycles. The second-order valence-electron chi connectivity index (χ2n) is 4.26. The Morgan fingerprint density at radius 2 is 2.06 bits per heavy atom. The van der Waals surface area contributed by atoms with Gasteiger partial charge in [0.05, 0.1) is 5.60 Å². The van der Waals surface area contributed by atoms with Crippen molar-refractivity contribution in [2.75, 3.05) is 13.6 Å². The fraction of sp³-hybridized carbons (Fsp3) is 0.500. The van der Waals surface area contributed by atoms with Gasteiger partial charge in [0.1, 0.15) is 11.6 Å². The quantitative estimate of drug-likeness (QED) is 0.807. The molecule has 0 heterocycles. The van der Waals surface area contributed by atoms with Crippen LogP contribution < -0.4 is 5.32 Å². The maximum absolute atomic E-state index is 13.3. The summed E-state index contributed by atoms with van der Waals surface area (Å²) in [6.45, 7) is 2.25. The van der Waals surface area contributed by atoms with E-state index in [0.29, 0.717) is 13.0 Å². The van der Waals surface area contributed by atoms with E-state index >= 15 is 0 Å². The Bertz CT molecular complexity index is 353. The van der Waals surface area contributed by atoms with Gasteiger partial charge in [-0.1, -0.05) is 0 Å². The molecule has 0 fully saturated rings. The highest BCUT2D eigenvalue weighted by Gasteiger charge is 2.22. The van der Waals surface area contributed by atoms with E-state index in [0.717, 1.165) is 18.2 Å². The van der Waals surface area contributed by atoms with Gasteiger partial charge in [-0.15, -0.1) is 0 Å². The number of rotatable bonds is 5. The van der Waals surface area contributed by atoms with Crippen LogP contribution in [0.4, 0.5) is 8.78 Å². The molecule has 2 nitrogen and oxygen atoms in total. The molecule has 0 saturated carbocycles. The first-order chi connectivity index (χ1) is 7.44. The molecular formula is C12H17F2NO. The molecule has 2 N–H and O–H groups in total. The van der Waals surface area contributed by atoms with Crippen molar-refractivity contribution in [2.24, 2.45) is 0 Å². The molecule has 1 aromatic rings. The molecule has 0 amide bonds. The van der Waals surface area contributed by atoms with E-state index in [-0.39, 0.29) is 12.0 Å². The zero-order valence-electron chi connectivity index (χ0n) is 9.56. The number of nitrogens with one attached hydrogen (secondary N) is 1. The van der Waals surface area contributed by atoms with Gasteiger partial charge in [-0.25, -0.2) is 8.78 Å². The third-order valence-corrected chi connectivity index (χ3v) is 2.49. The summed E-state index contributed by atoms with van der Waals surface area (Å²) in [5.74, 6) is -0.966. The normalized spacial score (nSPS) is 14.8. The number of hydrogen-bond donors (Lipinski definition) is 2. The summed E-state index contributed by atoms with van der Waals surface area (Å²) in [5, 5.41) is 12.9. The Labute approximate surface area is 94.3 Å². The molecule has 0 aliphatic heterocycles. The Balaban J connectivity index is 2.74. The van der Waals surface area contributed by atoms with Crippen LogP contribution in [-0.2, 0) is 6.42 Å². The summed E-state index contributed by atoms with van der Waals surface area (Å²) in [5.41, 5.74) is -0.821. The topological polar surface area (TPSA) is 32.3 Å². The second kappa shape index (κ2) is 5.37. The molecule has 0 aliphatic rings. The Morgan fingerprint density at radius 1 is 1.38 bits per heavy atom. The van der Waals surface area contributed by atoms with E-state index in [9.17, 15) is 13.9 Å². The van der Waals surface area contributed by atoms with Crippen LogP contribution in [0.5, 0.6) is 0 Å². The van der Waals surface area contributed by atoms with Crippen LogP contribution in [0.2, 0.25) is 0 Å². The van der Waals surface area contributed by atoms with Gasteiger partial charge in [0, 0.05) is 6.42 Å². The molecule has 0 bridgehead atoms. The molecule has 90 valence electrons. The van der Waals surface area contributed by atoms with E-state index < -0.39 is 17.2 Å². The van der Waals surface area contributed by atoms with Gasteiger partial charge < -0.3 is 10.4 Å². The molecule has 0 radical (unpaired) electrons. The molecule has 0 aliphatic carbocycles. The van der Waals surface area contributed by atoms with Crippen molar-refractivity contribution in [3.8, 4) is 0 Å². The lowest BCUT2D eigenvalue weighted by molar-refractivity contribution is 0.0511. The summed E-state index contributed by atoms with van der Waals surface area (Å²) in [4.78, 5) is 0. The summed E-state index contributed by atoms with van der Waals surface area (Å²) < 4.78 is 26.2. The first-order valence-electron chi connectivity index (χ1n) is 5.25. The third kappa shape index (κ3) is 3.87. The lowest BCUT2D eigenvalue weighted by Crippen LogP contribution is -2.31. The number of halogens is 2. The molecule has 0 spiro atoms. The van der Waals surface area contributed by atoms with Gasteiger partial charge in [-0.2, -0.15) is 0 Å². The number of hydrogen-bond acceptors (Lipinski definition) is 2. The minimum Gasteiger partial charge on any atom is -0.390 e. The lowest BCUT2D eigenvalue weighted by Gasteiger charge is -2.23. The van der Waals surface area contributed by atoms with E-state index in [1.807, 2.05) is 0 Å². The number of aliphatic hydroxyl groups is 1. The first kappa shape index (κ1) is 13.1. The van der Waals surface area contributed by atoms with Crippen LogP contribution in [0.1, 0.15) is 18.9 Å². The monoisotopic (exact) mass is 229 g/mol. The second-order valence-corrected chi connectivity index (χ2v) is 4.26. The van der Waals surface area contributed by atoms with Crippen LogP contribution >= 0.6 is 0 Å². The van der Waals surface area contributed by atoms with Crippen LogP contribution in [0.25, 0.3) is 0 Å². The average molecular weight is 229 g/mol. The van der Waals surface area contributed by atoms with Crippen molar-refractivity contribution >= 4 is 0 Å². The average Bonchev–Trinajstić information content (AvgIpc) is 2.20. The molecule has 1 rings (SSSR count). The highest BCUT2D eigenvalue weighted by molar-refractivity contribution is 5.20. The molecular weight excluding hydrogens is 212 g/mol. The maximum atomic E-state index is 13.3. The molecule has 1 unspecified atom stereocenters. The summed E-state index contributed by atoms with van der Waals surface area (Å²) in [7, 11) is 1.78. The van der Waals surface area contributed by atoms with Crippen molar-refractivity contribution in [3.63, 3.8) is 0 Å². The van der Waals surface area contributed by atoms with E-state index in [4.69, 9.17) is 0 Å². The fourth-order valence-electron chi connectivity index (χ4n) is 1.57. The smallest absolute Gasteiger partial charge is 0.126 e. The van der Waals surface area contributed by atoms with Crippen LogP contribution in [-0.4, -0.2) is 24.3 Å². The predicted octanol–water partition coefficient (Wildman–Crippen LogP) is 1.87. The molecule has 4 heteroatoms. The van der Waals surface area contributed by atoms with Gasteiger partial charge in [0.25, 0.3) is 0 Å². The zero-order chi connectivity index (χ0) is 12.2. The molecule has 1 atom stereocenters. The van der Waals surface area contributed by atoms with Crippen LogP contribution in [0.3, 0.4) is 0 Å². The van der Waals surface area contributed by atoms with Gasteiger partial charge >= 0.3 is 0 Å². The standard InChI is InChI=1S/C12H17F2NO/c1-12(16,5-6-15-2)8-9-7-10(13)3-4-11(9)14/h3-4,7,15-16H,5-6,8H2,1-2H3. The molecule has 0 saturated heterocycles. The van der Waals surface area contributed by atoms with E-state index in [2.05, 4.69) is 5.32 Å². The minimum atomic E-state index is -1.03. The Hall–Kier alpha value is -1.00. The highest BCUT2D eigenvalue weighted by Crippen LogP contribution is 2.19. The van der Waals surface area contributed by atoms with E-state index in [1.54, 1.807) is 14.0 Å². The largest absolute Gasteiger partial charge is 0.390 e. The van der Waals surface area contributed by atoms with Crippen LogP contribution in [0.15, 0.2) is 18.2 Å². The minimum absolute atomic E-state index is 0.109.